The normalized spacial score (nSPS) is 11.3. The van der Waals surface area contributed by atoms with Crippen LogP contribution in [-0.2, 0) is 6.18 Å². The first-order chi connectivity index (χ1) is 9.82. The fourth-order valence-electron chi connectivity index (χ4n) is 1.97. The fourth-order valence-corrected chi connectivity index (χ4v) is 1.97. The molecule has 0 aliphatic rings. The van der Waals surface area contributed by atoms with Gasteiger partial charge in [0.15, 0.2) is 0 Å². The maximum atomic E-state index is 12.9. The van der Waals surface area contributed by atoms with E-state index >= 15 is 0 Å². The van der Waals surface area contributed by atoms with Gasteiger partial charge in [0.2, 0.25) is 0 Å². The molecule has 0 aliphatic carbocycles. The Balaban J connectivity index is 2.63. The maximum Gasteiger partial charge on any atom is 0.417 e. The minimum absolute atomic E-state index is 0.411. The van der Waals surface area contributed by atoms with Crippen molar-refractivity contribution in [3.8, 4) is 16.9 Å². The van der Waals surface area contributed by atoms with E-state index in [4.69, 9.17) is 4.74 Å². The minimum Gasteiger partial charge on any atom is -0.497 e. The fraction of sp³-hybridized carbons (Fsp3) is 0.267. The number of ether oxygens (including phenoxy) is 1. The third kappa shape index (κ3) is 3.26. The molecule has 1 heterocycles. The molecular weight excluding hydrogens is 281 g/mol. The van der Waals surface area contributed by atoms with Crippen LogP contribution in [0, 0.1) is 0 Å². The standard InChI is InChI=1S/C15H15F3N2O/c1-20(2)14-13(8-11(9-19-14)15(16,17)18)10-5-4-6-12(7-10)21-3/h4-9H,1-3H3. The first kappa shape index (κ1) is 15.2. The summed E-state index contributed by atoms with van der Waals surface area (Å²) in [6.07, 6.45) is -3.58. The Morgan fingerprint density at radius 2 is 1.86 bits per heavy atom. The Bertz CT molecular complexity index is 639. The number of alkyl halides is 3. The summed E-state index contributed by atoms with van der Waals surface area (Å²) in [6, 6.07) is 7.99. The van der Waals surface area contributed by atoms with Gasteiger partial charge in [-0.25, -0.2) is 4.98 Å². The lowest BCUT2D eigenvalue weighted by Gasteiger charge is -2.18. The van der Waals surface area contributed by atoms with Crippen LogP contribution in [0.15, 0.2) is 36.5 Å². The van der Waals surface area contributed by atoms with Crippen LogP contribution in [-0.4, -0.2) is 26.2 Å². The molecule has 2 rings (SSSR count). The van der Waals surface area contributed by atoms with Gasteiger partial charge in [-0.15, -0.1) is 0 Å². The van der Waals surface area contributed by atoms with E-state index in [9.17, 15) is 13.2 Å². The highest BCUT2D eigenvalue weighted by molar-refractivity contribution is 5.77. The van der Waals surface area contributed by atoms with Gasteiger partial charge in [0.1, 0.15) is 11.6 Å². The molecule has 21 heavy (non-hydrogen) atoms. The van der Waals surface area contributed by atoms with Gasteiger partial charge in [0, 0.05) is 25.9 Å². The SMILES string of the molecule is COc1cccc(-c2cc(C(F)(F)F)cnc2N(C)C)c1. The van der Waals surface area contributed by atoms with E-state index in [-0.39, 0.29) is 0 Å². The van der Waals surface area contributed by atoms with E-state index in [0.717, 1.165) is 12.3 Å². The highest BCUT2D eigenvalue weighted by Gasteiger charge is 2.32. The number of benzene rings is 1. The lowest BCUT2D eigenvalue weighted by atomic mass is 10.0. The number of anilines is 1. The molecule has 6 heteroatoms. The highest BCUT2D eigenvalue weighted by atomic mass is 19.4. The number of nitrogens with zero attached hydrogens (tertiary/aromatic N) is 2. The minimum atomic E-state index is -4.43. The summed E-state index contributed by atoms with van der Waals surface area (Å²) in [7, 11) is 4.98. The zero-order chi connectivity index (χ0) is 15.6. The van der Waals surface area contributed by atoms with Crippen molar-refractivity contribution < 1.29 is 17.9 Å². The van der Waals surface area contributed by atoms with Crippen molar-refractivity contribution >= 4 is 5.82 Å². The molecule has 0 bridgehead atoms. The molecule has 0 spiro atoms. The third-order valence-corrected chi connectivity index (χ3v) is 3.00. The highest BCUT2D eigenvalue weighted by Crippen LogP contribution is 2.36. The Morgan fingerprint density at radius 1 is 1.14 bits per heavy atom. The van der Waals surface area contributed by atoms with Crippen LogP contribution >= 0.6 is 0 Å². The summed E-state index contributed by atoms with van der Waals surface area (Å²) >= 11 is 0. The molecule has 3 nitrogen and oxygen atoms in total. The number of hydrogen-bond donors (Lipinski definition) is 0. The zero-order valence-electron chi connectivity index (χ0n) is 11.9. The van der Waals surface area contributed by atoms with Crippen molar-refractivity contribution in [2.24, 2.45) is 0 Å². The molecule has 0 aliphatic heterocycles. The molecule has 1 aromatic carbocycles. The lowest BCUT2D eigenvalue weighted by molar-refractivity contribution is -0.137. The van der Waals surface area contributed by atoms with Gasteiger partial charge < -0.3 is 9.64 Å². The van der Waals surface area contributed by atoms with Crippen LogP contribution < -0.4 is 9.64 Å². The summed E-state index contributed by atoms with van der Waals surface area (Å²) in [5.41, 5.74) is 0.260. The molecule has 0 radical (unpaired) electrons. The van der Waals surface area contributed by atoms with Crippen LogP contribution in [0.3, 0.4) is 0 Å². The topological polar surface area (TPSA) is 25.4 Å². The van der Waals surface area contributed by atoms with Gasteiger partial charge in [-0.1, -0.05) is 12.1 Å². The first-order valence-electron chi connectivity index (χ1n) is 6.22. The van der Waals surface area contributed by atoms with E-state index in [1.807, 2.05) is 0 Å². The monoisotopic (exact) mass is 296 g/mol. The molecule has 0 fully saturated rings. The largest absolute Gasteiger partial charge is 0.497 e. The maximum absolute atomic E-state index is 12.9. The van der Waals surface area contributed by atoms with Crippen LogP contribution in [0.2, 0.25) is 0 Å². The van der Waals surface area contributed by atoms with E-state index < -0.39 is 11.7 Å². The predicted molar refractivity (Wildman–Crippen MR) is 75.6 cm³/mol. The first-order valence-corrected chi connectivity index (χ1v) is 6.22. The summed E-state index contributed by atoms with van der Waals surface area (Å²) < 4.78 is 43.8. The van der Waals surface area contributed by atoms with Crippen molar-refractivity contribution in [1.29, 1.82) is 0 Å². The van der Waals surface area contributed by atoms with Crippen molar-refractivity contribution in [3.05, 3.63) is 42.1 Å². The Hall–Kier alpha value is -2.24. The number of halogens is 3. The number of pyridine rings is 1. The number of hydrogen-bond acceptors (Lipinski definition) is 3. The second-order valence-corrected chi connectivity index (χ2v) is 4.72. The lowest BCUT2D eigenvalue weighted by Crippen LogP contribution is -2.14. The zero-order valence-corrected chi connectivity index (χ0v) is 11.9. The quantitative estimate of drug-likeness (QED) is 0.860. The van der Waals surface area contributed by atoms with Crippen LogP contribution in [0.5, 0.6) is 5.75 Å². The second kappa shape index (κ2) is 5.63. The number of aromatic nitrogens is 1. The molecule has 2 aromatic rings. The van der Waals surface area contributed by atoms with Crippen LogP contribution in [0.4, 0.5) is 19.0 Å². The molecule has 112 valence electrons. The summed E-state index contributed by atoms with van der Waals surface area (Å²) in [4.78, 5) is 5.62. The Labute approximate surface area is 121 Å². The summed E-state index contributed by atoms with van der Waals surface area (Å²) in [6.45, 7) is 0. The van der Waals surface area contributed by atoms with Crippen molar-refractivity contribution in [2.45, 2.75) is 6.18 Å². The van der Waals surface area contributed by atoms with Gasteiger partial charge in [0.25, 0.3) is 0 Å². The molecular formula is C15H15F3N2O. The van der Waals surface area contributed by atoms with Gasteiger partial charge in [-0.3, -0.25) is 0 Å². The predicted octanol–water partition coefficient (Wildman–Crippen LogP) is 3.84. The second-order valence-electron chi connectivity index (χ2n) is 4.72. The summed E-state index contributed by atoms with van der Waals surface area (Å²) in [5, 5.41) is 0. The van der Waals surface area contributed by atoms with E-state index in [1.165, 1.54) is 7.11 Å². The molecule has 0 atom stereocenters. The molecule has 0 saturated carbocycles. The van der Waals surface area contributed by atoms with Crippen LogP contribution in [0.25, 0.3) is 11.1 Å². The van der Waals surface area contributed by atoms with E-state index in [0.29, 0.717) is 22.7 Å². The average molecular weight is 296 g/mol. The van der Waals surface area contributed by atoms with Gasteiger partial charge >= 0.3 is 6.18 Å². The molecule has 0 unspecified atom stereocenters. The van der Waals surface area contributed by atoms with E-state index in [2.05, 4.69) is 4.98 Å². The average Bonchev–Trinajstić information content (AvgIpc) is 2.45. The number of rotatable bonds is 3. The molecule has 0 N–H and O–H groups in total. The Kier molecular flexibility index (Phi) is 4.06. The number of methoxy groups -OCH3 is 1. The van der Waals surface area contributed by atoms with Crippen molar-refractivity contribution in [2.75, 3.05) is 26.1 Å². The van der Waals surface area contributed by atoms with E-state index in [1.54, 1.807) is 43.3 Å². The molecule has 0 amide bonds. The van der Waals surface area contributed by atoms with Crippen molar-refractivity contribution in [1.82, 2.24) is 4.98 Å². The van der Waals surface area contributed by atoms with Crippen LogP contribution in [0.1, 0.15) is 5.56 Å². The molecule has 1 aromatic heterocycles. The van der Waals surface area contributed by atoms with Crippen molar-refractivity contribution in [3.63, 3.8) is 0 Å². The Morgan fingerprint density at radius 3 is 2.43 bits per heavy atom. The molecule has 0 saturated heterocycles. The van der Waals surface area contributed by atoms with Gasteiger partial charge in [0.05, 0.1) is 12.7 Å². The third-order valence-electron chi connectivity index (χ3n) is 3.00. The van der Waals surface area contributed by atoms with Gasteiger partial charge in [-0.2, -0.15) is 13.2 Å². The smallest absolute Gasteiger partial charge is 0.417 e. The van der Waals surface area contributed by atoms with Gasteiger partial charge in [-0.05, 0) is 23.8 Å². The summed E-state index contributed by atoms with van der Waals surface area (Å²) in [5.74, 6) is 1.05.